The Labute approximate surface area is 160 Å². The molecule has 1 nitrogen and oxygen atoms in total. The van der Waals surface area contributed by atoms with Gasteiger partial charge in [-0.3, -0.25) is 0 Å². The van der Waals surface area contributed by atoms with Crippen molar-refractivity contribution < 1.29 is 4.74 Å². The van der Waals surface area contributed by atoms with Gasteiger partial charge in [-0.25, -0.2) is 0 Å². The van der Waals surface area contributed by atoms with Gasteiger partial charge in [0.1, 0.15) is 5.75 Å². The third-order valence-corrected chi connectivity index (χ3v) is 4.62. The molecule has 0 saturated heterocycles. The monoisotopic (exact) mass is 350 g/mol. The van der Waals surface area contributed by atoms with E-state index in [1.54, 1.807) is 0 Å². The van der Waals surface area contributed by atoms with Crippen LogP contribution in [-0.4, -0.2) is 6.61 Å². The Morgan fingerprint density at radius 3 is 2.42 bits per heavy atom. The van der Waals surface area contributed by atoms with Crippen LogP contribution >= 0.6 is 0 Å². The fourth-order valence-corrected chi connectivity index (χ4v) is 2.90. The highest BCUT2D eigenvalue weighted by molar-refractivity contribution is 5.52. The van der Waals surface area contributed by atoms with Gasteiger partial charge in [0.25, 0.3) is 0 Å². The molecule has 0 spiro atoms. The Morgan fingerprint density at radius 1 is 1.04 bits per heavy atom. The highest BCUT2D eigenvalue weighted by Gasteiger charge is 2.13. The van der Waals surface area contributed by atoms with Crippen LogP contribution in [0, 0.1) is 5.92 Å². The molecule has 0 N–H and O–H groups in total. The minimum atomic E-state index is 0.217. The Kier molecular flexibility index (Phi) is 7.50. The van der Waals surface area contributed by atoms with Crippen molar-refractivity contribution in [3.05, 3.63) is 71.3 Å². The minimum Gasteiger partial charge on any atom is -0.494 e. The van der Waals surface area contributed by atoms with Gasteiger partial charge in [0.15, 0.2) is 0 Å². The number of allylic oxidation sites excluding steroid dienone is 1. The molecule has 1 unspecified atom stereocenters. The maximum Gasteiger partial charge on any atom is 0.119 e. The van der Waals surface area contributed by atoms with Gasteiger partial charge in [0.05, 0.1) is 6.61 Å². The summed E-state index contributed by atoms with van der Waals surface area (Å²) in [6.45, 7) is 12.0. The van der Waals surface area contributed by atoms with Crippen LogP contribution in [-0.2, 0) is 11.8 Å². The van der Waals surface area contributed by atoms with Crippen LogP contribution in [0.15, 0.2) is 54.6 Å². The van der Waals surface area contributed by atoms with Crippen LogP contribution in [0.3, 0.4) is 0 Å². The van der Waals surface area contributed by atoms with E-state index in [9.17, 15) is 0 Å². The first kappa shape index (κ1) is 20.3. The smallest absolute Gasteiger partial charge is 0.119 e. The highest BCUT2D eigenvalue weighted by Crippen LogP contribution is 2.23. The van der Waals surface area contributed by atoms with Crippen molar-refractivity contribution in [3.63, 3.8) is 0 Å². The number of unbranched alkanes of at least 4 members (excludes halogenated alkanes) is 1. The first-order chi connectivity index (χ1) is 12.4. The first-order valence-electron chi connectivity index (χ1n) is 9.89. The summed E-state index contributed by atoms with van der Waals surface area (Å²) in [6, 6.07) is 17.4. The summed E-state index contributed by atoms with van der Waals surface area (Å²) in [4.78, 5) is 0. The van der Waals surface area contributed by atoms with Crippen molar-refractivity contribution in [3.8, 4) is 5.75 Å². The topological polar surface area (TPSA) is 9.23 Å². The fourth-order valence-electron chi connectivity index (χ4n) is 2.90. The summed E-state index contributed by atoms with van der Waals surface area (Å²) in [5, 5.41) is 0. The second kappa shape index (κ2) is 9.62. The van der Waals surface area contributed by atoms with Crippen LogP contribution in [0.4, 0.5) is 0 Å². The summed E-state index contributed by atoms with van der Waals surface area (Å²) in [6.07, 6.45) is 7.83. The highest BCUT2D eigenvalue weighted by atomic mass is 16.5. The Bertz CT molecular complexity index is 689. The zero-order valence-corrected chi connectivity index (χ0v) is 17.1. The fraction of sp³-hybridized carbons (Fsp3) is 0.440. The Morgan fingerprint density at radius 2 is 1.77 bits per heavy atom. The van der Waals surface area contributed by atoms with Gasteiger partial charge in [-0.15, -0.1) is 0 Å². The summed E-state index contributed by atoms with van der Waals surface area (Å²) in [7, 11) is 0. The molecule has 2 aromatic rings. The molecule has 0 radical (unpaired) electrons. The molecule has 1 atom stereocenters. The van der Waals surface area contributed by atoms with Gasteiger partial charge < -0.3 is 4.74 Å². The zero-order valence-electron chi connectivity index (χ0n) is 17.1. The van der Waals surface area contributed by atoms with Gasteiger partial charge in [-0.05, 0) is 53.0 Å². The largest absolute Gasteiger partial charge is 0.494 e. The second-order valence-corrected chi connectivity index (χ2v) is 8.26. The third kappa shape index (κ3) is 6.71. The average Bonchev–Trinajstić information content (AvgIpc) is 2.60. The molecule has 26 heavy (non-hydrogen) atoms. The van der Waals surface area contributed by atoms with E-state index in [0.717, 1.165) is 31.6 Å². The number of benzene rings is 2. The van der Waals surface area contributed by atoms with Gasteiger partial charge in [-0.2, -0.15) is 0 Å². The Hall–Kier alpha value is -2.02. The number of hydrogen-bond donors (Lipinski definition) is 0. The van der Waals surface area contributed by atoms with Crippen molar-refractivity contribution >= 4 is 6.08 Å². The predicted molar refractivity (Wildman–Crippen MR) is 114 cm³/mol. The number of rotatable bonds is 8. The maximum atomic E-state index is 5.79. The summed E-state index contributed by atoms with van der Waals surface area (Å²) < 4.78 is 5.79. The van der Waals surface area contributed by atoms with Gasteiger partial charge >= 0.3 is 0 Å². The van der Waals surface area contributed by atoms with Crippen molar-refractivity contribution in [2.75, 3.05) is 6.61 Å². The molecule has 1 heteroatoms. The lowest BCUT2D eigenvalue weighted by Crippen LogP contribution is -2.10. The summed E-state index contributed by atoms with van der Waals surface area (Å²) >= 11 is 0. The number of ether oxygens (including phenoxy) is 1. The molecule has 140 valence electrons. The van der Waals surface area contributed by atoms with Gasteiger partial charge in [-0.1, -0.05) is 89.6 Å². The molecule has 0 heterocycles. The molecule has 2 rings (SSSR count). The van der Waals surface area contributed by atoms with E-state index in [0.29, 0.717) is 5.92 Å². The van der Waals surface area contributed by atoms with E-state index in [1.807, 2.05) is 6.07 Å². The van der Waals surface area contributed by atoms with Crippen molar-refractivity contribution in [1.82, 2.24) is 0 Å². The van der Waals surface area contributed by atoms with Gasteiger partial charge in [0.2, 0.25) is 0 Å². The summed E-state index contributed by atoms with van der Waals surface area (Å²) in [5.41, 5.74) is 4.21. The number of hydrogen-bond acceptors (Lipinski definition) is 1. The van der Waals surface area contributed by atoms with Crippen molar-refractivity contribution in [2.24, 2.45) is 5.92 Å². The molecule has 0 fully saturated rings. The van der Waals surface area contributed by atoms with Crippen LogP contribution in [0.2, 0.25) is 0 Å². The van der Waals surface area contributed by atoms with Crippen molar-refractivity contribution in [2.45, 2.75) is 59.3 Å². The Balaban J connectivity index is 1.92. The standard InChI is InChI=1S/C25H34O/c1-6-7-17-26-24-10-8-9-21(19-24)12-11-20(2)18-22-13-15-23(16-14-22)25(3,4)5/h8-16,19-20H,6-7,17-18H2,1-5H3/b12-11+. The summed E-state index contributed by atoms with van der Waals surface area (Å²) in [5.74, 6) is 1.46. The molecule has 0 amide bonds. The lowest BCUT2D eigenvalue weighted by Gasteiger charge is -2.19. The van der Waals surface area contributed by atoms with Gasteiger partial charge in [0, 0.05) is 0 Å². The lowest BCUT2D eigenvalue weighted by atomic mass is 9.86. The molecule has 0 aliphatic heterocycles. The SMILES string of the molecule is CCCCOc1cccc(/C=C/C(C)Cc2ccc(C(C)(C)C)cc2)c1. The molecule has 0 aromatic heterocycles. The first-order valence-corrected chi connectivity index (χ1v) is 9.89. The average molecular weight is 351 g/mol. The van der Waals surface area contributed by atoms with E-state index in [1.165, 1.54) is 16.7 Å². The van der Waals surface area contributed by atoms with E-state index in [-0.39, 0.29) is 5.41 Å². The zero-order chi connectivity index (χ0) is 19.0. The molecule has 0 aliphatic carbocycles. The maximum absolute atomic E-state index is 5.79. The third-order valence-electron chi connectivity index (χ3n) is 4.62. The second-order valence-electron chi connectivity index (χ2n) is 8.26. The van der Waals surface area contributed by atoms with Crippen LogP contribution in [0.1, 0.15) is 64.2 Å². The molecule has 0 saturated carbocycles. The molecular formula is C25H34O. The van der Waals surface area contributed by atoms with Crippen LogP contribution < -0.4 is 4.74 Å². The molecule has 2 aromatic carbocycles. The van der Waals surface area contributed by atoms with Crippen LogP contribution in [0.25, 0.3) is 6.08 Å². The quantitative estimate of drug-likeness (QED) is 0.463. The predicted octanol–water partition coefficient (Wildman–Crippen LogP) is 7.06. The van der Waals surface area contributed by atoms with Crippen molar-refractivity contribution in [1.29, 1.82) is 0 Å². The lowest BCUT2D eigenvalue weighted by molar-refractivity contribution is 0.309. The minimum absolute atomic E-state index is 0.217. The molecule has 0 aliphatic rings. The van der Waals surface area contributed by atoms with Crippen LogP contribution in [0.5, 0.6) is 5.75 Å². The molecule has 0 bridgehead atoms. The molecular weight excluding hydrogens is 316 g/mol. The normalized spacial score (nSPS) is 13.1. The van der Waals surface area contributed by atoms with E-state index >= 15 is 0 Å². The van der Waals surface area contributed by atoms with E-state index in [2.05, 4.69) is 89.2 Å². The van der Waals surface area contributed by atoms with E-state index in [4.69, 9.17) is 4.74 Å². The van der Waals surface area contributed by atoms with E-state index < -0.39 is 0 Å².